The van der Waals surface area contributed by atoms with E-state index in [0.29, 0.717) is 23.9 Å². The van der Waals surface area contributed by atoms with Gasteiger partial charge in [-0.25, -0.2) is 13.1 Å². The van der Waals surface area contributed by atoms with E-state index in [9.17, 15) is 28.1 Å². The lowest BCUT2D eigenvalue weighted by atomic mass is 9.99. The molecule has 2 fully saturated rings. The second kappa shape index (κ2) is 19.9. The average molecular weight is 883 g/mol. The highest BCUT2D eigenvalue weighted by Gasteiger charge is 2.28. The predicted octanol–water partition coefficient (Wildman–Crippen LogP) is 7.09. The lowest BCUT2D eigenvalue weighted by Gasteiger charge is -2.36. The van der Waals surface area contributed by atoms with Crippen LogP contribution in [-0.4, -0.2) is 111 Å². The summed E-state index contributed by atoms with van der Waals surface area (Å²) in [5.41, 5.74) is 4.14. The largest absolute Gasteiger partial charge is 0.375 e. The van der Waals surface area contributed by atoms with Crippen LogP contribution in [0.5, 0.6) is 0 Å². The van der Waals surface area contributed by atoms with Gasteiger partial charge in [-0.05, 0) is 84.4 Å². The Morgan fingerprint density at radius 3 is 2.18 bits per heavy atom. The Hall–Kier alpha value is -5.45. The van der Waals surface area contributed by atoms with E-state index in [4.69, 9.17) is 11.6 Å². The molecule has 1 atom stereocenters. The minimum absolute atomic E-state index is 0.0667. The molecule has 2 amide bonds. The summed E-state index contributed by atoms with van der Waals surface area (Å²) < 4.78 is 29.0. The van der Waals surface area contributed by atoms with Gasteiger partial charge >= 0.3 is 0 Å². The molecule has 13 nitrogen and oxygen atoms in total. The Morgan fingerprint density at radius 1 is 0.820 bits per heavy atom. The highest BCUT2D eigenvalue weighted by molar-refractivity contribution is 7.99. The SMILES string of the molecule is CN1CCN(C(=O)C[C@H](CSc2ccccc2)Nc2ccc(S(=O)(=O)NC(=O)c3ccc(N4CCN(Cc5ccccc5-c5ccc(Cl)cc5)CC4)cc3)cc2[N+](=O)[O-])CC1. The van der Waals surface area contributed by atoms with E-state index in [1.807, 2.05) is 67.7 Å². The van der Waals surface area contributed by atoms with E-state index < -0.39 is 37.5 Å². The number of benzene rings is 5. The number of rotatable bonds is 15. The molecule has 16 heteroatoms. The van der Waals surface area contributed by atoms with Crippen LogP contribution < -0.4 is 14.9 Å². The van der Waals surface area contributed by atoms with Crippen LogP contribution in [0.15, 0.2) is 131 Å². The molecule has 318 valence electrons. The van der Waals surface area contributed by atoms with Gasteiger partial charge in [-0.3, -0.25) is 24.6 Å². The van der Waals surface area contributed by atoms with Gasteiger partial charge < -0.3 is 20.0 Å². The number of nitrogens with zero attached hydrogens (tertiary/aromatic N) is 5. The normalized spacial score (nSPS) is 15.6. The molecular formula is C45H48ClN7O6S2. The number of halogens is 1. The zero-order valence-electron chi connectivity index (χ0n) is 33.8. The molecule has 2 heterocycles. The zero-order valence-corrected chi connectivity index (χ0v) is 36.2. The number of piperazine rings is 2. The van der Waals surface area contributed by atoms with Crippen molar-refractivity contribution in [1.82, 2.24) is 19.4 Å². The van der Waals surface area contributed by atoms with E-state index in [-0.39, 0.29) is 23.6 Å². The van der Waals surface area contributed by atoms with E-state index >= 15 is 0 Å². The number of sulfonamides is 1. The Labute approximate surface area is 365 Å². The second-order valence-corrected chi connectivity index (χ2v) is 18.4. The Morgan fingerprint density at radius 2 is 1.49 bits per heavy atom. The number of carbonyl (C=O) groups is 2. The molecule has 2 aliphatic heterocycles. The summed E-state index contributed by atoms with van der Waals surface area (Å²) in [4.78, 5) is 47.4. The van der Waals surface area contributed by atoms with Gasteiger partial charge in [0.2, 0.25) is 5.91 Å². The van der Waals surface area contributed by atoms with Gasteiger partial charge in [0, 0.05) is 104 Å². The maximum absolute atomic E-state index is 13.5. The zero-order chi connectivity index (χ0) is 42.9. The minimum Gasteiger partial charge on any atom is -0.375 e. The van der Waals surface area contributed by atoms with Gasteiger partial charge in [0.05, 0.1) is 9.82 Å². The van der Waals surface area contributed by atoms with Crippen molar-refractivity contribution in [2.45, 2.75) is 28.8 Å². The van der Waals surface area contributed by atoms with Crippen molar-refractivity contribution in [2.75, 3.05) is 75.4 Å². The molecule has 5 aromatic carbocycles. The van der Waals surface area contributed by atoms with Crippen molar-refractivity contribution in [1.29, 1.82) is 0 Å². The molecule has 7 rings (SSSR count). The number of nitro groups is 1. The second-order valence-electron chi connectivity index (χ2n) is 15.2. The van der Waals surface area contributed by atoms with Gasteiger partial charge in [0.25, 0.3) is 21.6 Å². The van der Waals surface area contributed by atoms with Crippen LogP contribution in [-0.2, 0) is 21.4 Å². The number of amides is 2. The molecule has 2 N–H and O–H groups in total. The van der Waals surface area contributed by atoms with Crippen LogP contribution in [0.1, 0.15) is 22.3 Å². The third kappa shape index (κ3) is 11.5. The number of carbonyl (C=O) groups excluding carboxylic acids is 2. The number of nitrogens with one attached hydrogen (secondary N) is 2. The summed E-state index contributed by atoms with van der Waals surface area (Å²) in [6.07, 6.45) is 0.0899. The molecule has 0 bridgehead atoms. The molecule has 0 unspecified atom stereocenters. The molecule has 0 radical (unpaired) electrons. The first-order valence-corrected chi connectivity index (χ1v) is 22.9. The van der Waals surface area contributed by atoms with Gasteiger partial charge in [0.1, 0.15) is 5.69 Å². The molecule has 0 aliphatic carbocycles. The maximum atomic E-state index is 13.5. The van der Waals surface area contributed by atoms with Crippen molar-refractivity contribution >= 4 is 62.3 Å². The summed E-state index contributed by atoms with van der Waals surface area (Å²) in [7, 11) is -2.50. The quantitative estimate of drug-likeness (QED) is 0.0631. The summed E-state index contributed by atoms with van der Waals surface area (Å²) in [5, 5.41) is 16.2. The van der Waals surface area contributed by atoms with Crippen molar-refractivity contribution in [2.24, 2.45) is 0 Å². The van der Waals surface area contributed by atoms with Crippen LogP contribution in [0, 0.1) is 10.1 Å². The summed E-state index contributed by atoms with van der Waals surface area (Å²) in [6.45, 7) is 6.71. The monoisotopic (exact) mass is 881 g/mol. The van der Waals surface area contributed by atoms with E-state index in [2.05, 4.69) is 42.9 Å². The number of hydrogen-bond acceptors (Lipinski definition) is 11. The number of nitro benzene ring substituents is 1. The fraction of sp³-hybridized carbons (Fsp3) is 0.289. The number of likely N-dealkylation sites (N-methyl/N-ethyl adjacent to an activating group) is 1. The summed E-state index contributed by atoms with van der Waals surface area (Å²) in [6, 6.07) is 35.5. The molecule has 61 heavy (non-hydrogen) atoms. The Balaban J connectivity index is 0.969. The van der Waals surface area contributed by atoms with Crippen LogP contribution in [0.4, 0.5) is 17.1 Å². The number of anilines is 2. The highest BCUT2D eigenvalue weighted by Crippen LogP contribution is 2.31. The van der Waals surface area contributed by atoms with Crippen molar-refractivity contribution in [3.63, 3.8) is 0 Å². The lowest BCUT2D eigenvalue weighted by molar-refractivity contribution is -0.384. The van der Waals surface area contributed by atoms with Crippen molar-refractivity contribution in [3.05, 3.63) is 148 Å². The van der Waals surface area contributed by atoms with Gasteiger partial charge in [-0.15, -0.1) is 11.8 Å². The number of hydrogen-bond donors (Lipinski definition) is 2. The third-order valence-corrected chi connectivity index (χ3v) is 13.7. The van der Waals surface area contributed by atoms with E-state index in [1.54, 1.807) is 29.2 Å². The topological polar surface area (TPSA) is 148 Å². The van der Waals surface area contributed by atoms with Crippen molar-refractivity contribution < 1.29 is 22.9 Å². The van der Waals surface area contributed by atoms with Crippen LogP contribution >= 0.6 is 23.4 Å². The molecule has 2 saturated heterocycles. The standard InChI is InChI=1S/C45H48ClN7O6S2/c1-49-21-25-52(26-22-49)44(54)29-37(32-60-39-8-3-2-4-9-39)47-42-20-19-40(30-43(42)53(56)57)61(58,59)48-45(55)34-13-17-38(18-14-34)51-27-23-50(24-28-51)31-35-7-5-6-10-41(35)33-11-15-36(46)16-12-33/h2-20,30,37,47H,21-29,31-32H2,1H3,(H,48,55)/t37-/m1/s1. The Bertz CT molecular complexity index is 2430. The van der Waals surface area contributed by atoms with Crippen LogP contribution in [0.2, 0.25) is 5.02 Å². The van der Waals surface area contributed by atoms with E-state index in [1.165, 1.54) is 35.0 Å². The third-order valence-electron chi connectivity index (χ3n) is 11.0. The number of thioether (sulfide) groups is 1. The lowest BCUT2D eigenvalue weighted by Crippen LogP contribution is -2.48. The smallest absolute Gasteiger partial charge is 0.293 e. The maximum Gasteiger partial charge on any atom is 0.293 e. The molecule has 0 spiro atoms. The molecular weight excluding hydrogens is 834 g/mol. The van der Waals surface area contributed by atoms with Gasteiger partial charge in [-0.1, -0.05) is 66.2 Å². The fourth-order valence-corrected chi connectivity index (χ4v) is 9.53. The van der Waals surface area contributed by atoms with Crippen LogP contribution in [0.3, 0.4) is 0 Å². The molecule has 0 saturated carbocycles. The fourth-order valence-electron chi connectivity index (χ4n) is 7.47. The molecule has 5 aromatic rings. The average Bonchev–Trinajstić information content (AvgIpc) is 3.27. The van der Waals surface area contributed by atoms with Gasteiger partial charge in [-0.2, -0.15) is 0 Å². The van der Waals surface area contributed by atoms with E-state index in [0.717, 1.165) is 68.0 Å². The minimum atomic E-state index is -4.50. The summed E-state index contributed by atoms with van der Waals surface area (Å²) >= 11 is 7.63. The molecule has 0 aromatic heterocycles. The summed E-state index contributed by atoms with van der Waals surface area (Å²) in [5.74, 6) is -0.504. The Kier molecular flexibility index (Phi) is 14.3. The first-order valence-electron chi connectivity index (χ1n) is 20.1. The highest BCUT2D eigenvalue weighted by atomic mass is 35.5. The van der Waals surface area contributed by atoms with Crippen LogP contribution in [0.25, 0.3) is 11.1 Å². The first kappa shape index (κ1) is 43.6. The molecule has 2 aliphatic rings. The van der Waals surface area contributed by atoms with Crippen molar-refractivity contribution in [3.8, 4) is 11.1 Å². The first-order chi connectivity index (χ1) is 29.4. The predicted molar refractivity (Wildman–Crippen MR) is 242 cm³/mol. The van der Waals surface area contributed by atoms with Gasteiger partial charge in [0.15, 0.2) is 0 Å².